The minimum absolute atomic E-state index is 0.225. The summed E-state index contributed by atoms with van der Waals surface area (Å²) in [6.45, 7) is 6.61. The smallest absolute Gasteiger partial charge is 0.135 e. The maximum Gasteiger partial charge on any atom is 0.135 e. The highest BCUT2D eigenvalue weighted by Gasteiger charge is 2.33. The lowest BCUT2D eigenvalue weighted by molar-refractivity contribution is 0.305. The van der Waals surface area contributed by atoms with Gasteiger partial charge in [-0.3, -0.25) is 0 Å². The van der Waals surface area contributed by atoms with Gasteiger partial charge in [0.15, 0.2) is 0 Å². The summed E-state index contributed by atoms with van der Waals surface area (Å²) in [4.78, 5) is 8.70. The van der Waals surface area contributed by atoms with E-state index in [1.807, 2.05) is 7.05 Å². The number of anilines is 2. The van der Waals surface area contributed by atoms with Gasteiger partial charge in [0.1, 0.15) is 18.0 Å². The molecule has 0 unspecified atom stereocenters. The van der Waals surface area contributed by atoms with Gasteiger partial charge in [-0.15, -0.1) is 0 Å². The molecule has 94 valence electrons. The standard InChI is InChI=1S/C13H22N4/c1-9(2)10-11(14-4)15-8-16-12(10)17-13(3)6-5-7-13/h8-9H,5-7H2,1-4H3,(H2,14,15,16,17). The van der Waals surface area contributed by atoms with Crippen molar-refractivity contribution in [2.45, 2.75) is 51.5 Å². The molecule has 2 rings (SSSR count). The predicted octanol–water partition coefficient (Wildman–Crippen LogP) is 3.00. The van der Waals surface area contributed by atoms with E-state index >= 15 is 0 Å². The molecule has 0 aromatic carbocycles. The van der Waals surface area contributed by atoms with Crippen molar-refractivity contribution in [3.63, 3.8) is 0 Å². The van der Waals surface area contributed by atoms with E-state index in [1.165, 1.54) is 24.8 Å². The van der Waals surface area contributed by atoms with E-state index in [9.17, 15) is 0 Å². The number of hydrogen-bond acceptors (Lipinski definition) is 4. The molecular formula is C13H22N4. The Morgan fingerprint density at radius 3 is 2.35 bits per heavy atom. The fourth-order valence-electron chi connectivity index (χ4n) is 2.36. The third-order valence-electron chi connectivity index (χ3n) is 3.58. The first-order chi connectivity index (χ1) is 8.06. The highest BCUT2D eigenvalue weighted by atomic mass is 15.1. The van der Waals surface area contributed by atoms with Crippen LogP contribution in [0.1, 0.15) is 51.5 Å². The van der Waals surface area contributed by atoms with Crippen molar-refractivity contribution in [2.24, 2.45) is 0 Å². The monoisotopic (exact) mass is 234 g/mol. The van der Waals surface area contributed by atoms with Crippen molar-refractivity contribution < 1.29 is 0 Å². The molecule has 1 fully saturated rings. The van der Waals surface area contributed by atoms with Crippen molar-refractivity contribution in [1.82, 2.24) is 9.97 Å². The van der Waals surface area contributed by atoms with Crippen LogP contribution in [0.15, 0.2) is 6.33 Å². The lowest BCUT2D eigenvalue weighted by atomic mass is 9.78. The Morgan fingerprint density at radius 2 is 1.88 bits per heavy atom. The Kier molecular flexibility index (Phi) is 3.22. The third kappa shape index (κ3) is 2.35. The molecule has 1 saturated carbocycles. The molecule has 1 heterocycles. The SMILES string of the molecule is CNc1ncnc(NC2(C)CCC2)c1C(C)C. The zero-order valence-corrected chi connectivity index (χ0v) is 11.2. The van der Waals surface area contributed by atoms with E-state index in [0.717, 1.165) is 11.6 Å². The predicted molar refractivity (Wildman–Crippen MR) is 71.5 cm³/mol. The molecule has 1 aliphatic rings. The molecule has 0 atom stereocenters. The normalized spacial score (nSPS) is 17.7. The molecule has 1 aromatic rings. The van der Waals surface area contributed by atoms with Crippen molar-refractivity contribution in [2.75, 3.05) is 17.7 Å². The second kappa shape index (κ2) is 4.51. The van der Waals surface area contributed by atoms with Crippen molar-refractivity contribution >= 4 is 11.6 Å². The third-order valence-corrected chi connectivity index (χ3v) is 3.58. The van der Waals surface area contributed by atoms with Gasteiger partial charge in [0.05, 0.1) is 0 Å². The summed E-state index contributed by atoms with van der Waals surface area (Å²) in [6.07, 6.45) is 5.39. The van der Waals surface area contributed by atoms with Crippen LogP contribution in [-0.4, -0.2) is 22.6 Å². The summed E-state index contributed by atoms with van der Waals surface area (Å²) < 4.78 is 0. The van der Waals surface area contributed by atoms with Crippen molar-refractivity contribution in [3.05, 3.63) is 11.9 Å². The number of hydrogen-bond donors (Lipinski definition) is 2. The van der Waals surface area contributed by atoms with Crippen LogP contribution in [0.2, 0.25) is 0 Å². The van der Waals surface area contributed by atoms with Crippen LogP contribution in [0.3, 0.4) is 0 Å². The van der Waals surface area contributed by atoms with E-state index in [2.05, 4.69) is 41.4 Å². The number of nitrogens with one attached hydrogen (secondary N) is 2. The largest absolute Gasteiger partial charge is 0.373 e. The second-order valence-corrected chi connectivity index (χ2v) is 5.43. The highest BCUT2D eigenvalue weighted by Crippen LogP contribution is 2.37. The fourth-order valence-corrected chi connectivity index (χ4v) is 2.36. The first-order valence-corrected chi connectivity index (χ1v) is 6.36. The minimum Gasteiger partial charge on any atom is -0.373 e. The van der Waals surface area contributed by atoms with Gasteiger partial charge in [-0.25, -0.2) is 9.97 Å². The van der Waals surface area contributed by atoms with Crippen LogP contribution in [0, 0.1) is 0 Å². The lowest BCUT2D eigenvalue weighted by Gasteiger charge is -2.40. The van der Waals surface area contributed by atoms with Crippen LogP contribution >= 0.6 is 0 Å². The Bertz CT molecular complexity index is 396. The Balaban J connectivity index is 2.32. The van der Waals surface area contributed by atoms with Gasteiger partial charge in [-0.05, 0) is 32.1 Å². The summed E-state index contributed by atoms with van der Waals surface area (Å²) in [5.41, 5.74) is 1.41. The van der Waals surface area contributed by atoms with E-state index in [0.29, 0.717) is 5.92 Å². The molecule has 0 spiro atoms. The van der Waals surface area contributed by atoms with Crippen LogP contribution in [0.4, 0.5) is 11.6 Å². The average molecular weight is 234 g/mol. The second-order valence-electron chi connectivity index (χ2n) is 5.43. The Hall–Kier alpha value is -1.32. The zero-order valence-electron chi connectivity index (χ0n) is 11.2. The molecule has 0 bridgehead atoms. The molecule has 0 aliphatic heterocycles. The van der Waals surface area contributed by atoms with E-state index in [-0.39, 0.29) is 5.54 Å². The van der Waals surface area contributed by atoms with E-state index in [1.54, 1.807) is 6.33 Å². The van der Waals surface area contributed by atoms with Crippen molar-refractivity contribution in [1.29, 1.82) is 0 Å². The van der Waals surface area contributed by atoms with Gasteiger partial charge >= 0.3 is 0 Å². The van der Waals surface area contributed by atoms with Gasteiger partial charge in [0.25, 0.3) is 0 Å². The van der Waals surface area contributed by atoms with Gasteiger partial charge in [-0.2, -0.15) is 0 Å². The lowest BCUT2D eigenvalue weighted by Crippen LogP contribution is -2.42. The summed E-state index contributed by atoms with van der Waals surface area (Å²) in [5.74, 6) is 2.33. The van der Waals surface area contributed by atoms with Crippen LogP contribution in [-0.2, 0) is 0 Å². The molecule has 4 nitrogen and oxygen atoms in total. The quantitative estimate of drug-likeness (QED) is 0.841. The first kappa shape index (κ1) is 12.1. The number of nitrogens with zero attached hydrogens (tertiary/aromatic N) is 2. The van der Waals surface area contributed by atoms with Gasteiger partial charge in [0.2, 0.25) is 0 Å². The number of aromatic nitrogens is 2. The molecule has 0 radical (unpaired) electrons. The minimum atomic E-state index is 0.225. The molecule has 17 heavy (non-hydrogen) atoms. The average Bonchev–Trinajstić information content (AvgIpc) is 2.26. The topological polar surface area (TPSA) is 49.8 Å². The number of rotatable bonds is 4. The fraction of sp³-hybridized carbons (Fsp3) is 0.692. The molecule has 0 saturated heterocycles. The first-order valence-electron chi connectivity index (χ1n) is 6.36. The van der Waals surface area contributed by atoms with E-state index < -0.39 is 0 Å². The highest BCUT2D eigenvalue weighted by molar-refractivity contribution is 5.59. The Morgan fingerprint density at radius 1 is 1.24 bits per heavy atom. The summed E-state index contributed by atoms with van der Waals surface area (Å²) in [7, 11) is 1.91. The maximum atomic E-state index is 4.41. The van der Waals surface area contributed by atoms with Gasteiger partial charge in [0, 0.05) is 18.2 Å². The van der Waals surface area contributed by atoms with Crippen LogP contribution < -0.4 is 10.6 Å². The Labute approximate surface area is 103 Å². The van der Waals surface area contributed by atoms with E-state index in [4.69, 9.17) is 0 Å². The molecule has 4 heteroatoms. The molecule has 1 aliphatic carbocycles. The van der Waals surface area contributed by atoms with Crippen LogP contribution in [0.5, 0.6) is 0 Å². The molecule has 0 amide bonds. The zero-order chi connectivity index (χ0) is 12.5. The van der Waals surface area contributed by atoms with Gasteiger partial charge < -0.3 is 10.6 Å². The summed E-state index contributed by atoms with van der Waals surface area (Å²) >= 11 is 0. The molecule has 2 N–H and O–H groups in total. The van der Waals surface area contributed by atoms with Gasteiger partial charge in [-0.1, -0.05) is 13.8 Å². The van der Waals surface area contributed by atoms with Crippen molar-refractivity contribution in [3.8, 4) is 0 Å². The summed E-state index contributed by atoms with van der Waals surface area (Å²) in [6, 6.07) is 0. The maximum absolute atomic E-state index is 4.41. The molecular weight excluding hydrogens is 212 g/mol. The molecule has 1 aromatic heterocycles. The van der Waals surface area contributed by atoms with Crippen LogP contribution in [0.25, 0.3) is 0 Å². The summed E-state index contributed by atoms with van der Waals surface area (Å²) in [5, 5.41) is 6.74.